The maximum Gasteiger partial charge on any atom is 0.326 e. The van der Waals surface area contributed by atoms with Crippen LogP contribution < -0.4 is 10.6 Å². The van der Waals surface area contributed by atoms with Crippen molar-refractivity contribution < 1.29 is 14.7 Å². The molecule has 1 rings (SSSR count). The van der Waals surface area contributed by atoms with Crippen molar-refractivity contribution in [3.05, 3.63) is 0 Å². The molecule has 104 valence electrons. The van der Waals surface area contributed by atoms with E-state index in [1.54, 1.807) is 13.8 Å². The molecule has 0 saturated heterocycles. The van der Waals surface area contributed by atoms with E-state index in [4.69, 9.17) is 5.11 Å². The quantitative estimate of drug-likeness (QED) is 0.680. The monoisotopic (exact) mass is 256 g/mol. The standard InChI is InChI=1S/C13H24N2O3/c1-9(2)11(12(16)17)15-13(18)14-8-7-10-5-3-4-6-10/h9-11H,3-8H2,1-2H3,(H,16,17)(H2,14,15,18)/t11-/m1/s1. The largest absolute Gasteiger partial charge is 0.480 e. The van der Waals surface area contributed by atoms with Gasteiger partial charge in [0.2, 0.25) is 0 Å². The summed E-state index contributed by atoms with van der Waals surface area (Å²) in [6.45, 7) is 4.18. The number of carbonyl (C=O) groups excluding carboxylic acids is 1. The molecule has 0 aromatic carbocycles. The maximum atomic E-state index is 11.6. The van der Waals surface area contributed by atoms with Crippen molar-refractivity contribution in [3.8, 4) is 0 Å². The van der Waals surface area contributed by atoms with E-state index in [9.17, 15) is 9.59 Å². The van der Waals surface area contributed by atoms with E-state index in [0.29, 0.717) is 6.54 Å². The number of hydrogen-bond acceptors (Lipinski definition) is 2. The van der Waals surface area contributed by atoms with Crippen LogP contribution in [0.25, 0.3) is 0 Å². The summed E-state index contributed by atoms with van der Waals surface area (Å²) in [6.07, 6.45) is 6.10. The third-order valence-corrected chi connectivity index (χ3v) is 3.53. The lowest BCUT2D eigenvalue weighted by Gasteiger charge is -2.18. The number of urea groups is 1. The van der Waals surface area contributed by atoms with Crippen LogP contribution in [0.1, 0.15) is 46.0 Å². The molecule has 3 N–H and O–H groups in total. The Labute approximate surface area is 108 Å². The number of aliphatic carboxylic acids is 1. The second-order valence-electron chi connectivity index (χ2n) is 5.40. The molecule has 1 atom stereocenters. The lowest BCUT2D eigenvalue weighted by Crippen LogP contribution is -2.48. The molecule has 0 radical (unpaired) electrons. The predicted octanol–water partition coefficient (Wildman–Crippen LogP) is 1.98. The second-order valence-corrected chi connectivity index (χ2v) is 5.40. The van der Waals surface area contributed by atoms with Crippen LogP contribution in [0.2, 0.25) is 0 Å². The molecule has 0 aliphatic heterocycles. The van der Waals surface area contributed by atoms with Gasteiger partial charge in [0.05, 0.1) is 0 Å². The zero-order chi connectivity index (χ0) is 13.5. The van der Waals surface area contributed by atoms with Crippen LogP contribution in [0.15, 0.2) is 0 Å². The zero-order valence-corrected chi connectivity index (χ0v) is 11.2. The van der Waals surface area contributed by atoms with Gasteiger partial charge in [0.1, 0.15) is 6.04 Å². The SMILES string of the molecule is CC(C)[C@@H](NC(=O)NCCC1CCCC1)C(=O)O. The van der Waals surface area contributed by atoms with Gasteiger partial charge in [0.25, 0.3) is 0 Å². The van der Waals surface area contributed by atoms with Crippen molar-refractivity contribution in [2.24, 2.45) is 11.8 Å². The summed E-state index contributed by atoms with van der Waals surface area (Å²) < 4.78 is 0. The Morgan fingerprint density at radius 3 is 2.39 bits per heavy atom. The lowest BCUT2D eigenvalue weighted by atomic mass is 10.0. The van der Waals surface area contributed by atoms with Crippen molar-refractivity contribution in [3.63, 3.8) is 0 Å². The summed E-state index contributed by atoms with van der Waals surface area (Å²) in [4.78, 5) is 22.5. The predicted molar refractivity (Wildman–Crippen MR) is 69.4 cm³/mol. The second kappa shape index (κ2) is 7.24. The summed E-state index contributed by atoms with van der Waals surface area (Å²) in [6, 6.07) is -1.20. The lowest BCUT2D eigenvalue weighted by molar-refractivity contribution is -0.140. The molecule has 5 heteroatoms. The van der Waals surface area contributed by atoms with Crippen LogP contribution >= 0.6 is 0 Å². The Hall–Kier alpha value is -1.26. The molecule has 5 nitrogen and oxygen atoms in total. The molecule has 0 unspecified atom stereocenters. The highest BCUT2D eigenvalue weighted by Gasteiger charge is 2.23. The van der Waals surface area contributed by atoms with Crippen LogP contribution in [-0.4, -0.2) is 29.7 Å². The fourth-order valence-corrected chi connectivity index (χ4v) is 2.39. The average molecular weight is 256 g/mol. The topological polar surface area (TPSA) is 78.4 Å². The van der Waals surface area contributed by atoms with E-state index in [1.807, 2.05) is 0 Å². The van der Waals surface area contributed by atoms with Gasteiger partial charge in [-0.25, -0.2) is 9.59 Å². The van der Waals surface area contributed by atoms with E-state index >= 15 is 0 Å². The Bertz CT molecular complexity index is 286. The van der Waals surface area contributed by atoms with Gasteiger partial charge >= 0.3 is 12.0 Å². The third-order valence-electron chi connectivity index (χ3n) is 3.53. The van der Waals surface area contributed by atoms with Crippen LogP contribution in [0.5, 0.6) is 0 Å². The first-order chi connectivity index (χ1) is 8.50. The zero-order valence-electron chi connectivity index (χ0n) is 11.2. The van der Waals surface area contributed by atoms with Crippen LogP contribution in [0.4, 0.5) is 4.79 Å². The molecule has 0 bridgehead atoms. The number of hydrogen-bond donors (Lipinski definition) is 3. The number of carboxylic acid groups (broad SMARTS) is 1. The normalized spacial score (nSPS) is 17.7. The number of carboxylic acids is 1. The van der Waals surface area contributed by atoms with Crippen molar-refractivity contribution >= 4 is 12.0 Å². The molecule has 1 fully saturated rings. The molecule has 0 heterocycles. The number of nitrogens with one attached hydrogen (secondary N) is 2. The van der Waals surface area contributed by atoms with E-state index in [-0.39, 0.29) is 11.9 Å². The minimum absolute atomic E-state index is 0.122. The summed E-state index contributed by atoms with van der Waals surface area (Å²) in [7, 11) is 0. The fraction of sp³-hybridized carbons (Fsp3) is 0.846. The van der Waals surface area contributed by atoms with Crippen molar-refractivity contribution in [2.45, 2.75) is 52.0 Å². The maximum absolute atomic E-state index is 11.6. The van der Waals surface area contributed by atoms with E-state index in [0.717, 1.165) is 12.3 Å². The first kappa shape index (κ1) is 14.8. The van der Waals surface area contributed by atoms with Gasteiger partial charge in [0, 0.05) is 6.54 Å². The van der Waals surface area contributed by atoms with Crippen molar-refractivity contribution in [1.82, 2.24) is 10.6 Å². The summed E-state index contributed by atoms with van der Waals surface area (Å²) in [5, 5.41) is 14.2. The molecule has 1 aliphatic carbocycles. The van der Waals surface area contributed by atoms with Gasteiger partial charge in [-0.2, -0.15) is 0 Å². The molecule has 1 saturated carbocycles. The smallest absolute Gasteiger partial charge is 0.326 e. The molecule has 0 aromatic heterocycles. The van der Waals surface area contributed by atoms with E-state index in [2.05, 4.69) is 10.6 Å². The summed E-state index contributed by atoms with van der Waals surface area (Å²) in [5.74, 6) is -0.385. The summed E-state index contributed by atoms with van der Waals surface area (Å²) in [5.41, 5.74) is 0. The molecule has 1 aliphatic rings. The number of amides is 2. The Morgan fingerprint density at radius 2 is 1.89 bits per heavy atom. The van der Waals surface area contributed by atoms with Crippen molar-refractivity contribution in [1.29, 1.82) is 0 Å². The minimum atomic E-state index is -0.990. The molecule has 0 aromatic rings. The van der Waals surface area contributed by atoms with Gasteiger partial charge in [-0.1, -0.05) is 39.5 Å². The molecular weight excluding hydrogens is 232 g/mol. The Morgan fingerprint density at radius 1 is 1.28 bits per heavy atom. The average Bonchev–Trinajstić information content (AvgIpc) is 2.78. The van der Waals surface area contributed by atoms with Gasteiger partial charge in [-0.3, -0.25) is 0 Å². The molecular formula is C13H24N2O3. The first-order valence-corrected chi connectivity index (χ1v) is 6.78. The fourth-order valence-electron chi connectivity index (χ4n) is 2.39. The van der Waals surface area contributed by atoms with Gasteiger partial charge in [-0.05, 0) is 18.3 Å². The van der Waals surface area contributed by atoms with Crippen LogP contribution in [0, 0.1) is 11.8 Å². The third kappa shape index (κ3) is 4.94. The van der Waals surface area contributed by atoms with Crippen LogP contribution in [-0.2, 0) is 4.79 Å². The highest BCUT2D eigenvalue weighted by molar-refractivity contribution is 5.82. The Kier molecular flexibility index (Phi) is 5.95. The molecule has 2 amide bonds. The van der Waals surface area contributed by atoms with E-state index in [1.165, 1.54) is 25.7 Å². The van der Waals surface area contributed by atoms with Gasteiger partial charge < -0.3 is 15.7 Å². The van der Waals surface area contributed by atoms with Crippen molar-refractivity contribution in [2.75, 3.05) is 6.54 Å². The number of rotatable bonds is 6. The highest BCUT2D eigenvalue weighted by atomic mass is 16.4. The van der Waals surface area contributed by atoms with Crippen LogP contribution in [0.3, 0.4) is 0 Å². The Balaban J connectivity index is 2.21. The van der Waals surface area contributed by atoms with E-state index < -0.39 is 12.0 Å². The molecule has 18 heavy (non-hydrogen) atoms. The van der Waals surface area contributed by atoms with Gasteiger partial charge in [0.15, 0.2) is 0 Å². The summed E-state index contributed by atoms with van der Waals surface area (Å²) >= 11 is 0. The molecule has 0 spiro atoms. The van der Waals surface area contributed by atoms with Gasteiger partial charge in [-0.15, -0.1) is 0 Å². The minimum Gasteiger partial charge on any atom is -0.480 e. The highest BCUT2D eigenvalue weighted by Crippen LogP contribution is 2.26. The first-order valence-electron chi connectivity index (χ1n) is 6.78. The number of carbonyl (C=O) groups is 2.